The second-order valence-corrected chi connectivity index (χ2v) is 3.56. The molecule has 1 aromatic rings. The standard InChI is InChI=1S/C10H11N3O/c14-10-7-2-1-3-8-9(7)13(6-12-8)5-4-11-10/h1-3,12H,4-6H2,(H,11,14). The van der Waals surface area contributed by atoms with Gasteiger partial charge in [0.15, 0.2) is 0 Å². The predicted molar refractivity (Wildman–Crippen MR) is 54.6 cm³/mol. The Bertz CT molecular complexity index is 402. The van der Waals surface area contributed by atoms with Crippen molar-refractivity contribution >= 4 is 17.3 Å². The number of hydrogen-bond donors (Lipinski definition) is 2. The molecule has 0 radical (unpaired) electrons. The molecule has 2 aliphatic rings. The van der Waals surface area contributed by atoms with Crippen molar-refractivity contribution in [2.45, 2.75) is 0 Å². The Labute approximate surface area is 81.9 Å². The molecule has 0 saturated carbocycles. The van der Waals surface area contributed by atoms with E-state index >= 15 is 0 Å². The van der Waals surface area contributed by atoms with Gasteiger partial charge in [-0.15, -0.1) is 0 Å². The zero-order valence-corrected chi connectivity index (χ0v) is 7.71. The van der Waals surface area contributed by atoms with Gasteiger partial charge in [-0.1, -0.05) is 6.07 Å². The van der Waals surface area contributed by atoms with Gasteiger partial charge < -0.3 is 15.5 Å². The maximum absolute atomic E-state index is 11.7. The highest BCUT2D eigenvalue weighted by atomic mass is 16.1. The molecule has 14 heavy (non-hydrogen) atoms. The molecule has 0 saturated heterocycles. The first-order valence-electron chi connectivity index (χ1n) is 4.76. The first-order valence-corrected chi connectivity index (χ1v) is 4.76. The molecule has 2 N–H and O–H groups in total. The maximum Gasteiger partial charge on any atom is 0.253 e. The Hall–Kier alpha value is -1.71. The van der Waals surface area contributed by atoms with Crippen molar-refractivity contribution in [3.8, 4) is 0 Å². The molecule has 4 heteroatoms. The van der Waals surface area contributed by atoms with Gasteiger partial charge in [0.25, 0.3) is 5.91 Å². The summed E-state index contributed by atoms with van der Waals surface area (Å²) < 4.78 is 0. The lowest BCUT2D eigenvalue weighted by molar-refractivity contribution is 0.0958. The van der Waals surface area contributed by atoms with Crippen LogP contribution in [0.1, 0.15) is 10.4 Å². The number of benzene rings is 1. The zero-order valence-electron chi connectivity index (χ0n) is 7.71. The van der Waals surface area contributed by atoms with E-state index in [1.807, 2.05) is 18.2 Å². The number of carbonyl (C=O) groups is 1. The number of hydrogen-bond acceptors (Lipinski definition) is 3. The molecule has 3 rings (SSSR count). The summed E-state index contributed by atoms with van der Waals surface area (Å²) in [4.78, 5) is 13.9. The molecule has 0 spiro atoms. The summed E-state index contributed by atoms with van der Waals surface area (Å²) >= 11 is 0. The van der Waals surface area contributed by atoms with Gasteiger partial charge in [-0.25, -0.2) is 0 Å². The lowest BCUT2D eigenvalue weighted by atomic mass is 10.1. The Morgan fingerprint density at radius 2 is 2.21 bits per heavy atom. The topological polar surface area (TPSA) is 44.4 Å². The van der Waals surface area contributed by atoms with Crippen molar-refractivity contribution in [1.29, 1.82) is 0 Å². The fourth-order valence-corrected chi connectivity index (χ4v) is 2.06. The Kier molecular flexibility index (Phi) is 1.45. The summed E-state index contributed by atoms with van der Waals surface area (Å²) in [6.45, 7) is 2.40. The van der Waals surface area contributed by atoms with Crippen LogP contribution >= 0.6 is 0 Å². The van der Waals surface area contributed by atoms with Gasteiger partial charge in [-0.2, -0.15) is 0 Å². The van der Waals surface area contributed by atoms with Gasteiger partial charge in [-0.3, -0.25) is 4.79 Å². The SMILES string of the molecule is O=C1NCCN2CNc3cccc1c32. The molecule has 1 amide bonds. The fraction of sp³-hybridized carbons (Fsp3) is 0.300. The van der Waals surface area contributed by atoms with Crippen molar-refractivity contribution in [1.82, 2.24) is 5.32 Å². The summed E-state index contributed by atoms with van der Waals surface area (Å²) in [5.41, 5.74) is 2.91. The quantitative estimate of drug-likeness (QED) is 0.628. The Morgan fingerprint density at radius 1 is 1.29 bits per heavy atom. The minimum Gasteiger partial charge on any atom is -0.366 e. The van der Waals surface area contributed by atoms with Gasteiger partial charge in [0.05, 0.1) is 23.6 Å². The molecule has 72 valence electrons. The van der Waals surface area contributed by atoms with E-state index in [9.17, 15) is 4.79 Å². The average Bonchev–Trinajstić information content (AvgIpc) is 2.53. The molecule has 1 aromatic carbocycles. The molecule has 0 unspecified atom stereocenters. The molecule has 0 aliphatic carbocycles. The van der Waals surface area contributed by atoms with Gasteiger partial charge in [-0.05, 0) is 12.1 Å². The zero-order chi connectivity index (χ0) is 9.54. The van der Waals surface area contributed by atoms with Gasteiger partial charge >= 0.3 is 0 Å². The van der Waals surface area contributed by atoms with Crippen LogP contribution in [0.2, 0.25) is 0 Å². The number of nitrogens with one attached hydrogen (secondary N) is 2. The van der Waals surface area contributed by atoms with Crippen LogP contribution in [0.4, 0.5) is 11.4 Å². The first kappa shape index (κ1) is 7.67. The molecular weight excluding hydrogens is 178 g/mol. The molecule has 0 aromatic heterocycles. The second-order valence-electron chi connectivity index (χ2n) is 3.56. The van der Waals surface area contributed by atoms with Crippen LogP contribution in [0, 0.1) is 0 Å². The van der Waals surface area contributed by atoms with E-state index in [-0.39, 0.29) is 5.91 Å². The van der Waals surface area contributed by atoms with Crippen molar-refractivity contribution in [2.75, 3.05) is 30.0 Å². The van der Waals surface area contributed by atoms with E-state index in [0.29, 0.717) is 6.54 Å². The van der Waals surface area contributed by atoms with Crippen molar-refractivity contribution in [3.63, 3.8) is 0 Å². The number of nitrogens with zero attached hydrogens (tertiary/aromatic N) is 1. The van der Waals surface area contributed by atoms with E-state index < -0.39 is 0 Å². The van der Waals surface area contributed by atoms with Crippen LogP contribution in [0.25, 0.3) is 0 Å². The summed E-state index contributed by atoms with van der Waals surface area (Å²) in [5, 5.41) is 6.16. The molecule has 0 bridgehead atoms. The monoisotopic (exact) mass is 189 g/mol. The lowest BCUT2D eigenvalue weighted by Crippen LogP contribution is -2.30. The van der Waals surface area contributed by atoms with Crippen LogP contribution in [-0.4, -0.2) is 25.7 Å². The van der Waals surface area contributed by atoms with E-state index in [0.717, 1.165) is 30.2 Å². The second kappa shape index (κ2) is 2.64. The van der Waals surface area contributed by atoms with Gasteiger partial charge in [0, 0.05) is 13.1 Å². The molecular formula is C10H11N3O. The summed E-state index contributed by atoms with van der Waals surface area (Å²) in [6, 6.07) is 5.80. The van der Waals surface area contributed by atoms with Crippen LogP contribution in [0.15, 0.2) is 18.2 Å². The average molecular weight is 189 g/mol. The third-order valence-corrected chi connectivity index (χ3v) is 2.72. The van der Waals surface area contributed by atoms with Crippen LogP contribution < -0.4 is 15.5 Å². The molecule has 4 nitrogen and oxygen atoms in total. The normalized spacial score (nSPS) is 18.3. The molecule has 0 atom stereocenters. The van der Waals surface area contributed by atoms with Crippen molar-refractivity contribution in [3.05, 3.63) is 23.8 Å². The van der Waals surface area contributed by atoms with Crippen molar-refractivity contribution in [2.24, 2.45) is 0 Å². The highest BCUT2D eigenvalue weighted by Crippen LogP contribution is 2.35. The van der Waals surface area contributed by atoms with Crippen molar-refractivity contribution < 1.29 is 4.79 Å². The number of anilines is 2. The van der Waals surface area contributed by atoms with Crippen LogP contribution in [0.5, 0.6) is 0 Å². The minimum atomic E-state index is 0.0352. The third kappa shape index (κ3) is 0.907. The number of para-hydroxylation sites is 1. The van der Waals surface area contributed by atoms with Crippen LogP contribution in [-0.2, 0) is 0 Å². The van der Waals surface area contributed by atoms with Crippen LogP contribution in [0.3, 0.4) is 0 Å². The maximum atomic E-state index is 11.7. The van der Waals surface area contributed by atoms with Gasteiger partial charge in [0.1, 0.15) is 0 Å². The van der Waals surface area contributed by atoms with E-state index in [2.05, 4.69) is 15.5 Å². The third-order valence-electron chi connectivity index (χ3n) is 2.72. The minimum absolute atomic E-state index is 0.0352. The molecule has 2 aliphatic heterocycles. The van der Waals surface area contributed by atoms with E-state index in [1.54, 1.807) is 0 Å². The largest absolute Gasteiger partial charge is 0.366 e. The summed E-state index contributed by atoms with van der Waals surface area (Å²) in [6.07, 6.45) is 0. The number of amides is 1. The van der Waals surface area contributed by atoms with E-state index in [1.165, 1.54) is 0 Å². The molecule has 2 heterocycles. The van der Waals surface area contributed by atoms with Gasteiger partial charge in [0.2, 0.25) is 0 Å². The number of carbonyl (C=O) groups excluding carboxylic acids is 1. The predicted octanol–water partition coefficient (Wildman–Crippen LogP) is 0.619. The lowest BCUT2D eigenvalue weighted by Gasteiger charge is -2.15. The summed E-state index contributed by atoms with van der Waals surface area (Å²) in [7, 11) is 0. The highest BCUT2D eigenvalue weighted by molar-refractivity contribution is 6.04. The van der Waals surface area contributed by atoms with E-state index in [4.69, 9.17) is 0 Å². The highest BCUT2D eigenvalue weighted by Gasteiger charge is 2.26. The Balaban J connectivity index is 2.23. The summed E-state index contributed by atoms with van der Waals surface area (Å²) in [5.74, 6) is 0.0352. The Morgan fingerprint density at radius 3 is 3.14 bits per heavy atom. The first-order chi connectivity index (χ1) is 6.86. The fourth-order valence-electron chi connectivity index (χ4n) is 2.06. The number of rotatable bonds is 0. The smallest absolute Gasteiger partial charge is 0.253 e. The molecule has 0 fully saturated rings.